The summed E-state index contributed by atoms with van der Waals surface area (Å²) in [5, 5.41) is 10.4. The van der Waals surface area contributed by atoms with Crippen LogP contribution >= 0.6 is 0 Å². The van der Waals surface area contributed by atoms with Crippen LogP contribution in [-0.2, 0) is 24.9 Å². The molecule has 12 nitrogen and oxygen atoms in total. The molecule has 0 unspecified atom stereocenters. The van der Waals surface area contributed by atoms with Gasteiger partial charge in [0.15, 0.2) is 0 Å². The summed E-state index contributed by atoms with van der Waals surface area (Å²) in [7, 11) is 5.59. The second-order valence-electron chi connectivity index (χ2n) is 9.56. The van der Waals surface area contributed by atoms with Crippen molar-refractivity contribution in [3.8, 4) is 0 Å². The molecule has 2 N–H and O–H groups in total. The molecule has 12 heteroatoms. The molecule has 3 amide bonds. The Morgan fingerprint density at radius 3 is 2.55 bits per heavy atom. The molecule has 0 spiro atoms. The monoisotopic (exact) mass is 516 g/mol. The lowest BCUT2D eigenvalue weighted by atomic mass is 10.2. The molecule has 3 aromatic rings. The lowest BCUT2D eigenvalue weighted by Crippen LogP contribution is -2.45. The number of hydrogen-bond acceptors (Lipinski definition) is 8. The maximum absolute atomic E-state index is 13.2. The largest absolute Gasteiger partial charge is 0.369 e. The van der Waals surface area contributed by atoms with E-state index in [1.165, 1.54) is 16.7 Å². The second-order valence-corrected chi connectivity index (χ2v) is 9.56. The highest BCUT2D eigenvalue weighted by molar-refractivity contribution is 5.99. The summed E-state index contributed by atoms with van der Waals surface area (Å²) in [4.78, 5) is 42.0. The molecule has 4 heterocycles. The first-order valence-electron chi connectivity index (χ1n) is 12.5. The average Bonchev–Trinajstić information content (AvgIpc) is 3.26. The number of amides is 3. The highest BCUT2D eigenvalue weighted by Gasteiger charge is 2.31. The summed E-state index contributed by atoms with van der Waals surface area (Å²) in [5.41, 5.74) is 4.00. The number of rotatable bonds is 7. The van der Waals surface area contributed by atoms with E-state index in [0.29, 0.717) is 29.7 Å². The van der Waals surface area contributed by atoms with Crippen molar-refractivity contribution in [3.63, 3.8) is 0 Å². The Bertz CT molecular complexity index is 1340. The third-order valence-corrected chi connectivity index (χ3v) is 6.76. The summed E-state index contributed by atoms with van der Waals surface area (Å²) in [6.45, 7) is 8.16. The Labute approximate surface area is 221 Å². The van der Waals surface area contributed by atoms with Gasteiger partial charge in [0, 0.05) is 69.6 Å². The molecule has 5 rings (SSSR count). The number of piperazine rings is 1. The highest BCUT2D eigenvalue weighted by Crippen LogP contribution is 2.29. The van der Waals surface area contributed by atoms with Gasteiger partial charge in [0.2, 0.25) is 11.9 Å². The van der Waals surface area contributed by atoms with Crippen molar-refractivity contribution < 1.29 is 9.59 Å². The van der Waals surface area contributed by atoms with Crippen molar-refractivity contribution in [1.29, 1.82) is 0 Å². The molecular weight excluding hydrogens is 484 g/mol. The SMILES string of the molecule is C=CC(=O)Nc1cn(C)nc1CN1Cc2cnc(Nc3ccc(N4CCN(C)CC4)cc3)nc2N(C)C1=O. The molecular formula is C26H32N10O2. The molecule has 0 radical (unpaired) electrons. The number of nitrogens with one attached hydrogen (secondary N) is 2. The molecule has 198 valence electrons. The van der Waals surface area contributed by atoms with Gasteiger partial charge in [-0.3, -0.25) is 14.4 Å². The lowest BCUT2D eigenvalue weighted by Gasteiger charge is -2.34. The molecule has 1 aromatic carbocycles. The molecule has 38 heavy (non-hydrogen) atoms. The second kappa shape index (κ2) is 10.5. The predicted molar refractivity (Wildman–Crippen MR) is 147 cm³/mol. The smallest absolute Gasteiger partial charge is 0.326 e. The predicted octanol–water partition coefficient (Wildman–Crippen LogP) is 2.40. The number of hydrogen-bond donors (Lipinski definition) is 2. The van der Waals surface area contributed by atoms with E-state index >= 15 is 0 Å². The summed E-state index contributed by atoms with van der Waals surface area (Å²) >= 11 is 0. The number of urea groups is 1. The van der Waals surface area contributed by atoms with Gasteiger partial charge in [-0.25, -0.2) is 9.78 Å². The van der Waals surface area contributed by atoms with E-state index in [4.69, 9.17) is 0 Å². The fourth-order valence-corrected chi connectivity index (χ4v) is 4.63. The number of benzene rings is 1. The lowest BCUT2D eigenvalue weighted by molar-refractivity contribution is -0.111. The van der Waals surface area contributed by atoms with Crippen LogP contribution in [-0.4, -0.2) is 81.8 Å². The van der Waals surface area contributed by atoms with E-state index in [-0.39, 0.29) is 18.5 Å². The van der Waals surface area contributed by atoms with Gasteiger partial charge < -0.3 is 25.3 Å². The Morgan fingerprint density at radius 1 is 1.11 bits per heavy atom. The number of fused-ring (bicyclic) bond motifs is 1. The fourth-order valence-electron chi connectivity index (χ4n) is 4.63. The summed E-state index contributed by atoms with van der Waals surface area (Å²) < 4.78 is 1.60. The van der Waals surface area contributed by atoms with Crippen LogP contribution in [0, 0.1) is 0 Å². The van der Waals surface area contributed by atoms with Gasteiger partial charge >= 0.3 is 6.03 Å². The van der Waals surface area contributed by atoms with Crippen LogP contribution in [0.15, 0.2) is 49.3 Å². The van der Waals surface area contributed by atoms with Crippen molar-refractivity contribution in [3.05, 3.63) is 60.6 Å². The quantitative estimate of drug-likeness (QED) is 0.460. The van der Waals surface area contributed by atoms with E-state index in [2.05, 4.69) is 61.3 Å². The molecule has 2 aliphatic heterocycles. The number of carbonyl (C=O) groups is 2. The summed E-state index contributed by atoms with van der Waals surface area (Å²) in [6.07, 6.45) is 4.62. The number of likely N-dealkylation sites (N-methyl/N-ethyl adjacent to an activating group) is 1. The molecule has 0 atom stereocenters. The molecule has 2 aliphatic rings. The van der Waals surface area contributed by atoms with E-state index in [0.717, 1.165) is 37.4 Å². The number of carbonyl (C=O) groups excluding carboxylic acids is 2. The van der Waals surface area contributed by atoms with Crippen LogP contribution < -0.4 is 20.4 Å². The zero-order valence-electron chi connectivity index (χ0n) is 21.9. The standard InChI is InChI=1S/C26H32N10O2/c1-5-23(37)29-21-16-33(3)31-22(21)17-36-15-18-14-27-25(30-24(18)34(4)26(36)38)28-19-6-8-20(9-7-19)35-12-10-32(2)11-13-35/h5-9,14,16H,1,10-13,15,17H2,2-4H3,(H,29,37)(H,27,28,30). The van der Waals surface area contributed by atoms with Gasteiger partial charge in [0.1, 0.15) is 11.5 Å². The summed E-state index contributed by atoms with van der Waals surface area (Å²) in [5.74, 6) is 0.636. The van der Waals surface area contributed by atoms with Crippen molar-refractivity contribution >= 4 is 40.8 Å². The Balaban J connectivity index is 1.27. The Hall–Kier alpha value is -4.45. The number of nitrogens with zero attached hydrogens (tertiary/aromatic N) is 8. The van der Waals surface area contributed by atoms with Crippen LogP contribution in [0.4, 0.5) is 33.6 Å². The maximum Gasteiger partial charge on any atom is 0.326 e. The van der Waals surface area contributed by atoms with Crippen LogP contribution in [0.5, 0.6) is 0 Å². The van der Waals surface area contributed by atoms with Gasteiger partial charge in [-0.15, -0.1) is 0 Å². The Kier molecular flexibility index (Phi) is 6.97. The molecule has 0 saturated carbocycles. The van der Waals surface area contributed by atoms with E-state index in [1.54, 1.807) is 36.1 Å². The van der Waals surface area contributed by atoms with Crippen molar-refractivity contribution in [2.75, 3.05) is 60.7 Å². The van der Waals surface area contributed by atoms with E-state index in [1.807, 2.05) is 12.1 Å². The first-order valence-corrected chi connectivity index (χ1v) is 12.5. The van der Waals surface area contributed by atoms with Gasteiger partial charge in [-0.2, -0.15) is 10.1 Å². The zero-order valence-corrected chi connectivity index (χ0v) is 21.9. The molecule has 0 aliphatic carbocycles. The van der Waals surface area contributed by atoms with Crippen LogP contribution in [0.1, 0.15) is 11.3 Å². The van der Waals surface area contributed by atoms with Crippen LogP contribution in [0.3, 0.4) is 0 Å². The number of aromatic nitrogens is 4. The molecule has 0 bridgehead atoms. The van der Waals surface area contributed by atoms with Crippen LogP contribution in [0.25, 0.3) is 0 Å². The van der Waals surface area contributed by atoms with Gasteiger partial charge in [-0.05, 0) is 37.4 Å². The van der Waals surface area contributed by atoms with Crippen molar-refractivity contribution in [1.82, 2.24) is 29.5 Å². The zero-order chi connectivity index (χ0) is 26.8. The summed E-state index contributed by atoms with van der Waals surface area (Å²) in [6, 6.07) is 8.02. The minimum absolute atomic E-state index is 0.217. The molecule has 2 aromatic heterocycles. The maximum atomic E-state index is 13.2. The minimum Gasteiger partial charge on any atom is -0.369 e. The third-order valence-electron chi connectivity index (χ3n) is 6.76. The van der Waals surface area contributed by atoms with E-state index < -0.39 is 0 Å². The number of aryl methyl sites for hydroxylation is 1. The normalized spacial score (nSPS) is 15.9. The minimum atomic E-state index is -0.339. The van der Waals surface area contributed by atoms with Crippen molar-refractivity contribution in [2.24, 2.45) is 7.05 Å². The van der Waals surface area contributed by atoms with E-state index in [9.17, 15) is 9.59 Å². The highest BCUT2D eigenvalue weighted by atomic mass is 16.2. The third kappa shape index (κ3) is 5.30. The first-order chi connectivity index (χ1) is 18.3. The van der Waals surface area contributed by atoms with Crippen molar-refractivity contribution in [2.45, 2.75) is 13.1 Å². The average molecular weight is 517 g/mol. The number of anilines is 5. The van der Waals surface area contributed by atoms with Gasteiger partial charge in [0.05, 0.1) is 18.8 Å². The topological polar surface area (TPSA) is 115 Å². The van der Waals surface area contributed by atoms with Crippen LogP contribution in [0.2, 0.25) is 0 Å². The molecule has 1 fully saturated rings. The first kappa shape index (κ1) is 25.2. The van der Waals surface area contributed by atoms with Gasteiger partial charge in [0.25, 0.3) is 0 Å². The molecule has 1 saturated heterocycles. The fraction of sp³-hybridized carbons (Fsp3) is 0.346. The van der Waals surface area contributed by atoms with Gasteiger partial charge in [-0.1, -0.05) is 6.58 Å². The Morgan fingerprint density at radius 2 is 1.84 bits per heavy atom.